The predicted octanol–water partition coefficient (Wildman–Crippen LogP) is 4.17. The lowest BCUT2D eigenvalue weighted by molar-refractivity contribution is -0.122. The fourth-order valence-corrected chi connectivity index (χ4v) is 2.80. The first kappa shape index (κ1) is 21.0. The molecule has 0 fully saturated rings. The minimum absolute atomic E-state index is 0.301. The van der Waals surface area contributed by atoms with Gasteiger partial charge in [-0.15, -0.1) is 0 Å². The molecule has 2 amide bonds. The van der Waals surface area contributed by atoms with Crippen molar-refractivity contribution in [1.29, 1.82) is 0 Å². The number of aryl methyl sites for hydroxylation is 2. The molecule has 0 aliphatic rings. The summed E-state index contributed by atoms with van der Waals surface area (Å²) in [5.74, 6) is -2.43. The molecule has 0 spiro atoms. The number of nitrogens with zero attached hydrogens (tertiary/aromatic N) is 1. The third-order valence-corrected chi connectivity index (χ3v) is 4.49. The van der Waals surface area contributed by atoms with Crippen molar-refractivity contribution in [3.8, 4) is 5.75 Å². The number of aromatic nitrogens is 1. The van der Waals surface area contributed by atoms with Gasteiger partial charge in [-0.1, -0.05) is 6.07 Å². The molecule has 2 aromatic carbocycles. The van der Waals surface area contributed by atoms with Gasteiger partial charge in [-0.2, -0.15) is 0 Å². The molecule has 0 aliphatic heterocycles. The van der Waals surface area contributed by atoms with Crippen LogP contribution >= 0.6 is 0 Å². The molecule has 8 heteroatoms. The highest BCUT2D eigenvalue weighted by molar-refractivity contribution is 6.00. The molecule has 0 bridgehead atoms. The highest BCUT2D eigenvalue weighted by Gasteiger charge is 2.19. The van der Waals surface area contributed by atoms with E-state index in [1.165, 1.54) is 25.1 Å². The largest absolute Gasteiger partial charge is 0.481 e. The monoisotopic (exact) mass is 413 g/mol. The lowest BCUT2D eigenvalue weighted by Gasteiger charge is -2.16. The maximum absolute atomic E-state index is 13.7. The number of carbonyl (C=O) groups excluding carboxylic acids is 2. The number of benzene rings is 2. The van der Waals surface area contributed by atoms with Crippen LogP contribution in [0.5, 0.6) is 5.75 Å². The van der Waals surface area contributed by atoms with Crippen LogP contribution < -0.4 is 15.5 Å². The van der Waals surface area contributed by atoms with Gasteiger partial charge in [0.25, 0.3) is 11.8 Å². The second-order valence-electron chi connectivity index (χ2n) is 6.76. The van der Waals surface area contributed by atoms with E-state index in [4.69, 9.17) is 4.74 Å². The topological polar surface area (TPSA) is 72.4 Å². The quantitative estimate of drug-likeness (QED) is 0.637. The highest BCUT2D eigenvalue weighted by Crippen LogP contribution is 2.19. The molecule has 1 heterocycles. The Morgan fingerprint density at radius 3 is 2.07 bits per heavy atom. The van der Waals surface area contributed by atoms with Crippen LogP contribution in [0.3, 0.4) is 0 Å². The first-order chi connectivity index (χ1) is 14.3. The Hall–Kier alpha value is -3.68. The SMILES string of the molecule is Cc1ccc(C)n1NC(=O)c1ccc(O[C@H](C)C(=O)Nc2c(F)cccc2F)cc1. The molecule has 0 unspecified atom stereocenters. The van der Waals surface area contributed by atoms with Crippen LogP contribution in [-0.2, 0) is 4.79 Å². The van der Waals surface area contributed by atoms with Crippen molar-refractivity contribution in [2.75, 3.05) is 10.7 Å². The van der Waals surface area contributed by atoms with Gasteiger partial charge < -0.3 is 10.1 Å². The molecular weight excluding hydrogens is 392 g/mol. The average Bonchev–Trinajstić information content (AvgIpc) is 3.03. The van der Waals surface area contributed by atoms with Gasteiger partial charge in [0, 0.05) is 17.0 Å². The summed E-state index contributed by atoms with van der Waals surface area (Å²) in [4.78, 5) is 24.6. The van der Waals surface area contributed by atoms with Crippen LogP contribution in [0.15, 0.2) is 54.6 Å². The number of hydrogen-bond acceptors (Lipinski definition) is 3. The first-order valence-electron chi connectivity index (χ1n) is 9.24. The molecule has 1 aromatic heterocycles. The van der Waals surface area contributed by atoms with Crippen molar-refractivity contribution in [3.63, 3.8) is 0 Å². The maximum atomic E-state index is 13.7. The van der Waals surface area contributed by atoms with E-state index < -0.39 is 29.3 Å². The molecule has 6 nitrogen and oxygen atoms in total. The normalized spacial score (nSPS) is 11.6. The van der Waals surface area contributed by atoms with E-state index in [0.29, 0.717) is 11.3 Å². The number of amides is 2. The van der Waals surface area contributed by atoms with Crippen LogP contribution in [0, 0.1) is 25.5 Å². The van der Waals surface area contributed by atoms with E-state index in [1.807, 2.05) is 26.0 Å². The molecule has 156 valence electrons. The number of hydrogen-bond donors (Lipinski definition) is 2. The fourth-order valence-electron chi connectivity index (χ4n) is 2.80. The van der Waals surface area contributed by atoms with E-state index in [0.717, 1.165) is 23.5 Å². The molecule has 2 N–H and O–H groups in total. The zero-order valence-electron chi connectivity index (χ0n) is 16.7. The number of carbonyl (C=O) groups is 2. The van der Waals surface area contributed by atoms with Crippen LogP contribution in [0.1, 0.15) is 28.7 Å². The van der Waals surface area contributed by atoms with Crippen molar-refractivity contribution in [2.45, 2.75) is 26.9 Å². The average molecular weight is 413 g/mol. The smallest absolute Gasteiger partial charge is 0.270 e. The molecule has 1 atom stereocenters. The summed E-state index contributed by atoms with van der Waals surface area (Å²) in [6, 6.07) is 13.3. The van der Waals surface area contributed by atoms with Gasteiger partial charge in [0.1, 0.15) is 23.1 Å². The number of para-hydroxylation sites is 1. The second kappa shape index (κ2) is 8.77. The summed E-state index contributed by atoms with van der Waals surface area (Å²) in [5.41, 5.74) is 4.46. The van der Waals surface area contributed by atoms with Gasteiger partial charge in [0.15, 0.2) is 6.10 Å². The van der Waals surface area contributed by atoms with E-state index in [-0.39, 0.29) is 5.91 Å². The minimum Gasteiger partial charge on any atom is -0.481 e. The Morgan fingerprint density at radius 2 is 1.50 bits per heavy atom. The van der Waals surface area contributed by atoms with Gasteiger partial charge in [-0.25, -0.2) is 8.78 Å². The molecule has 0 radical (unpaired) electrons. The third kappa shape index (κ3) is 4.65. The Morgan fingerprint density at radius 1 is 0.933 bits per heavy atom. The molecule has 30 heavy (non-hydrogen) atoms. The second-order valence-corrected chi connectivity index (χ2v) is 6.76. The summed E-state index contributed by atoms with van der Waals surface area (Å²) in [5, 5.41) is 2.18. The fraction of sp³-hybridized carbons (Fsp3) is 0.182. The molecule has 3 aromatic rings. The van der Waals surface area contributed by atoms with Crippen LogP contribution in [0.4, 0.5) is 14.5 Å². The Labute approximate surface area is 172 Å². The molecule has 0 aliphatic carbocycles. The van der Waals surface area contributed by atoms with Crippen molar-refractivity contribution >= 4 is 17.5 Å². The number of halogens is 2. The zero-order valence-corrected chi connectivity index (χ0v) is 16.7. The summed E-state index contributed by atoms with van der Waals surface area (Å²) < 4.78 is 34.5. The number of rotatable bonds is 6. The number of anilines is 1. The van der Waals surface area contributed by atoms with Crippen molar-refractivity contribution in [3.05, 3.63) is 83.2 Å². The van der Waals surface area contributed by atoms with Crippen molar-refractivity contribution < 1.29 is 23.1 Å². The summed E-state index contributed by atoms with van der Waals surface area (Å²) in [6.07, 6.45) is -1.02. The predicted molar refractivity (Wildman–Crippen MR) is 109 cm³/mol. The van der Waals surface area contributed by atoms with Crippen LogP contribution in [0.25, 0.3) is 0 Å². The van der Waals surface area contributed by atoms with E-state index >= 15 is 0 Å². The number of nitrogens with one attached hydrogen (secondary N) is 2. The van der Waals surface area contributed by atoms with E-state index in [9.17, 15) is 18.4 Å². The van der Waals surface area contributed by atoms with Gasteiger partial charge >= 0.3 is 0 Å². The zero-order chi connectivity index (χ0) is 21.8. The summed E-state index contributed by atoms with van der Waals surface area (Å²) >= 11 is 0. The molecular formula is C22H21F2N3O3. The van der Waals surface area contributed by atoms with Gasteiger partial charge in [0.05, 0.1) is 0 Å². The lowest BCUT2D eigenvalue weighted by Crippen LogP contribution is -2.31. The van der Waals surface area contributed by atoms with Gasteiger partial charge in [-0.05, 0) is 69.3 Å². The standard InChI is InChI=1S/C22H21F2N3O3/c1-13-7-8-14(2)27(13)26-22(29)16-9-11-17(12-10-16)30-15(3)21(28)25-20-18(23)5-4-6-19(20)24/h4-12,15H,1-3H3,(H,25,28)(H,26,29)/t15-/m1/s1. The molecule has 3 rings (SSSR count). The van der Waals surface area contributed by atoms with Crippen molar-refractivity contribution in [2.24, 2.45) is 0 Å². The van der Waals surface area contributed by atoms with Crippen LogP contribution in [0.2, 0.25) is 0 Å². The molecule has 0 saturated carbocycles. The lowest BCUT2D eigenvalue weighted by atomic mass is 10.2. The maximum Gasteiger partial charge on any atom is 0.270 e. The highest BCUT2D eigenvalue weighted by atomic mass is 19.1. The van der Waals surface area contributed by atoms with Crippen molar-refractivity contribution in [1.82, 2.24) is 4.68 Å². The van der Waals surface area contributed by atoms with Gasteiger partial charge in [-0.3, -0.25) is 19.7 Å². The minimum atomic E-state index is -1.02. The van der Waals surface area contributed by atoms with E-state index in [2.05, 4.69) is 10.7 Å². The summed E-state index contributed by atoms with van der Waals surface area (Å²) in [6.45, 7) is 5.21. The third-order valence-electron chi connectivity index (χ3n) is 4.49. The number of ether oxygens (including phenoxy) is 1. The van der Waals surface area contributed by atoms with Crippen LogP contribution in [-0.4, -0.2) is 22.6 Å². The van der Waals surface area contributed by atoms with E-state index in [1.54, 1.807) is 16.8 Å². The Balaban J connectivity index is 1.62. The Bertz CT molecular complexity index is 1040. The summed E-state index contributed by atoms with van der Waals surface area (Å²) in [7, 11) is 0. The first-order valence-corrected chi connectivity index (χ1v) is 9.24. The molecule has 0 saturated heterocycles. The Kier molecular flexibility index (Phi) is 6.15. The van der Waals surface area contributed by atoms with Gasteiger partial charge in [0.2, 0.25) is 0 Å².